The first kappa shape index (κ1) is 14.7. The van der Waals surface area contributed by atoms with Gasteiger partial charge in [0.25, 0.3) is 0 Å². The molecule has 0 bridgehead atoms. The molecule has 0 spiro atoms. The van der Waals surface area contributed by atoms with Crippen molar-refractivity contribution in [2.45, 2.75) is 26.4 Å². The van der Waals surface area contributed by atoms with Crippen LogP contribution in [-0.4, -0.2) is 34.9 Å². The number of carboxylic acids is 1. The topological polar surface area (TPSA) is 68.7 Å². The lowest BCUT2D eigenvalue weighted by atomic mass is 10.2. The van der Waals surface area contributed by atoms with Crippen molar-refractivity contribution in [2.24, 2.45) is 0 Å². The highest BCUT2D eigenvalue weighted by atomic mass is 35.5. The van der Waals surface area contributed by atoms with Gasteiger partial charge in [-0.05, 0) is 20.8 Å². The van der Waals surface area contributed by atoms with Crippen molar-refractivity contribution in [3.05, 3.63) is 22.8 Å². The van der Waals surface area contributed by atoms with Crippen LogP contribution in [0.4, 0.5) is 0 Å². The maximum Gasteiger partial charge on any atom is 0.337 e. The summed E-state index contributed by atoms with van der Waals surface area (Å²) in [5, 5.41) is 8.96. The van der Waals surface area contributed by atoms with Crippen molar-refractivity contribution in [1.29, 1.82) is 0 Å². The molecule has 100 valence electrons. The Morgan fingerprint density at radius 3 is 2.67 bits per heavy atom. The summed E-state index contributed by atoms with van der Waals surface area (Å²) in [6.45, 7) is 6.52. The predicted molar refractivity (Wildman–Crippen MR) is 67.4 cm³/mol. The Morgan fingerprint density at radius 2 is 2.11 bits per heavy atom. The van der Waals surface area contributed by atoms with Gasteiger partial charge in [0.1, 0.15) is 6.61 Å². The fraction of sp³-hybridized carbons (Fsp3) is 0.500. The Kier molecular flexibility index (Phi) is 4.93. The van der Waals surface area contributed by atoms with Gasteiger partial charge >= 0.3 is 5.97 Å². The van der Waals surface area contributed by atoms with E-state index in [4.69, 9.17) is 26.2 Å². The lowest BCUT2D eigenvalue weighted by Gasteiger charge is -2.19. The number of aromatic nitrogens is 1. The summed E-state index contributed by atoms with van der Waals surface area (Å²) < 4.78 is 10.7. The number of carboxylic acid groups (broad SMARTS) is 1. The number of carbonyl (C=O) groups is 1. The molecule has 1 aromatic rings. The SMILES string of the molecule is CC(C)(C)OCCOc1cc(C(=O)O)c(Cl)cn1. The highest BCUT2D eigenvalue weighted by Crippen LogP contribution is 2.19. The molecule has 1 rings (SSSR count). The summed E-state index contributed by atoms with van der Waals surface area (Å²) in [7, 11) is 0. The maximum atomic E-state index is 10.8. The maximum absolute atomic E-state index is 10.8. The Hall–Kier alpha value is -1.33. The van der Waals surface area contributed by atoms with Crippen LogP contribution in [0.3, 0.4) is 0 Å². The van der Waals surface area contributed by atoms with Gasteiger partial charge in [-0.25, -0.2) is 9.78 Å². The molecule has 1 aromatic heterocycles. The second-order valence-electron chi connectivity index (χ2n) is 4.62. The third-order valence-electron chi connectivity index (χ3n) is 1.93. The number of ether oxygens (including phenoxy) is 2. The van der Waals surface area contributed by atoms with Crippen molar-refractivity contribution >= 4 is 17.6 Å². The summed E-state index contributed by atoms with van der Waals surface area (Å²) in [5.41, 5.74) is -0.262. The Bertz CT molecular complexity index is 429. The van der Waals surface area contributed by atoms with Crippen LogP contribution in [0, 0.1) is 0 Å². The largest absolute Gasteiger partial charge is 0.478 e. The number of aromatic carboxylic acids is 1. The molecule has 0 atom stereocenters. The van der Waals surface area contributed by atoms with E-state index in [-0.39, 0.29) is 22.1 Å². The molecule has 0 fully saturated rings. The van der Waals surface area contributed by atoms with Gasteiger partial charge in [-0.1, -0.05) is 11.6 Å². The van der Waals surface area contributed by atoms with Gasteiger partial charge < -0.3 is 14.6 Å². The molecule has 0 unspecified atom stereocenters. The van der Waals surface area contributed by atoms with Gasteiger partial charge in [-0.15, -0.1) is 0 Å². The minimum absolute atomic E-state index is 0.0293. The first-order chi connectivity index (χ1) is 8.29. The molecular weight excluding hydrogens is 258 g/mol. The number of rotatable bonds is 5. The van der Waals surface area contributed by atoms with Gasteiger partial charge in [0, 0.05) is 6.07 Å². The van der Waals surface area contributed by atoms with Crippen LogP contribution in [0.5, 0.6) is 5.88 Å². The van der Waals surface area contributed by atoms with E-state index in [2.05, 4.69) is 4.98 Å². The first-order valence-corrected chi connectivity index (χ1v) is 5.83. The molecule has 18 heavy (non-hydrogen) atoms. The summed E-state index contributed by atoms with van der Waals surface area (Å²) in [6, 6.07) is 1.29. The van der Waals surface area contributed by atoms with Crippen molar-refractivity contribution < 1.29 is 19.4 Å². The van der Waals surface area contributed by atoms with E-state index >= 15 is 0 Å². The van der Waals surface area contributed by atoms with E-state index in [0.29, 0.717) is 13.2 Å². The van der Waals surface area contributed by atoms with E-state index in [9.17, 15) is 4.79 Å². The standard InChI is InChI=1S/C12H16ClNO4/c1-12(2,3)18-5-4-17-10-6-8(11(15)16)9(13)7-14-10/h6-7H,4-5H2,1-3H3,(H,15,16). The lowest BCUT2D eigenvalue weighted by Crippen LogP contribution is -2.22. The van der Waals surface area contributed by atoms with Crippen LogP contribution in [0.15, 0.2) is 12.3 Å². The molecule has 5 nitrogen and oxygen atoms in total. The summed E-state index contributed by atoms with van der Waals surface area (Å²) >= 11 is 5.69. The van der Waals surface area contributed by atoms with Crippen LogP contribution in [0.2, 0.25) is 5.02 Å². The van der Waals surface area contributed by atoms with Gasteiger partial charge in [0.05, 0.1) is 29.0 Å². The Morgan fingerprint density at radius 1 is 1.44 bits per heavy atom. The zero-order valence-corrected chi connectivity index (χ0v) is 11.3. The van der Waals surface area contributed by atoms with Crippen molar-refractivity contribution in [3.8, 4) is 5.88 Å². The van der Waals surface area contributed by atoms with Crippen LogP contribution in [0.25, 0.3) is 0 Å². The Balaban J connectivity index is 2.53. The van der Waals surface area contributed by atoms with Crippen LogP contribution in [0.1, 0.15) is 31.1 Å². The van der Waals surface area contributed by atoms with Crippen molar-refractivity contribution in [2.75, 3.05) is 13.2 Å². The van der Waals surface area contributed by atoms with E-state index < -0.39 is 5.97 Å². The Labute approximate surface area is 111 Å². The molecule has 0 aliphatic carbocycles. The minimum Gasteiger partial charge on any atom is -0.478 e. The van der Waals surface area contributed by atoms with Gasteiger partial charge in [0.2, 0.25) is 5.88 Å². The van der Waals surface area contributed by atoms with E-state index in [0.717, 1.165) is 0 Å². The molecule has 0 saturated heterocycles. The van der Waals surface area contributed by atoms with Crippen molar-refractivity contribution in [1.82, 2.24) is 4.98 Å². The average molecular weight is 274 g/mol. The molecule has 1 heterocycles. The molecule has 1 N–H and O–H groups in total. The smallest absolute Gasteiger partial charge is 0.337 e. The normalized spacial score (nSPS) is 11.3. The molecule has 0 amide bonds. The minimum atomic E-state index is -1.11. The third kappa shape index (κ3) is 4.89. The fourth-order valence-corrected chi connectivity index (χ4v) is 1.34. The molecule has 6 heteroatoms. The molecular formula is C12H16ClNO4. The molecule has 0 aromatic carbocycles. The van der Waals surface area contributed by atoms with Crippen molar-refractivity contribution in [3.63, 3.8) is 0 Å². The van der Waals surface area contributed by atoms with Crippen LogP contribution in [-0.2, 0) is 4.74 Å². The monoisotopic (exact) mass is 273 g/mol. The second-order valence-corrected chi connectivity index (χ2v) is 5.02. The molecule has 0 aliphatic heterocycles. The van der Waals surface area contributed by atoms with E-state index in [1.807, 2.05) is 20.8 Å². The fourth-order valence-electron chi connectivity index (χ4n) is 1.16. The molecule has 0 radical (unpaired) electrons. The number of pyridine rings is 1. The quantitative estimate of drug-likeness (QED) is 0.835. The molecule has 0 aliphatic rings. The average Bonchev–Trinajstić information content (AvgIpc) is 2.24. The van der Waals surface area contributed by atoms with E-state index in [1.165, 1.54) is 12.3 Å². The summed E-state index contributed by atoms with van der Waals surface area (Å²) in [5.74, 6) is -0.896. The third-order valence-corrected chi connectivity index (χ3v) is 2.23. The first-order valence-electron chi connectivity index (χ1n) is 5.45. The highest BCUT2D eigenvalue weighted by Gasteiger charge is 2.12. The van der Waals surface area contributed by atoms with Gasteiger partial charge in [-0.2, -0.15) is 0 Å². The number of hydrogen-bond donors (Lipinski definition) is 1. The van der Waals surface area contributed by atoms with Crippen LogP contribution >= 0.6 is 11.6 Å². The second kappa shape index (κ2) is 6.02. The predicted octanol–water partition coefficient (Wildman–Crippen LogP) is 2.63. The van der Waals surface area contributed by atoms with Gasteiger partial charge in [0.15, 0.2) is 0 Å². The highest BCUT2D eigenvalue weighted by molar-refractivity contribution is 6.33. The zero-order valence-electron chi connectivity index (χ0n) is 10.6. The zero-order chi connectivity index (χ0) is 13.8. The number of nitrogens with zero attached hydrogens (tertiary/aromatic N) is 1. The lowest BCUT2D eigenvalue weighted by molar-refractivity contribution is -0.0168. The number of hydrogen-bond acceptors (Lipinski definition) is 4. The van der Waals surface area contributed by atoms with Gasteiger partial charge in [-0.3, -0.25) is 0 Å². The number of halogens is 1. The molecule has 0 saturated carbocycles. The van der Waals surface area contributed by atoms with Crippen LogP contribution < -0.4 is 4.74 Å². The summed E-state index contributed by atoms with van der Waals surface area (Å²) in [6.07, 6.45) is 1.25. The summed E-state index contributed by atoms with van der Waals surface area (Å²) in [4.78, 5) is 14.7. The van der Waals surface area contributed by atoms with E-state index in [1.54, 1.807) is 0 Å².